The summed E-state index contributed by atoms with van der Waals surface area (Å²) in [4.78, 5) is 15.7. The van der Waals surface area contributed by atoms with E-state index in [1.54, 1.807) is 12.1 Å². The van der Waals surface area contributed by atoms with Gasteiger partial charge < -0.3 is 10.1 Å². The Balaban J connectivity index is 1.98. The van der Waals surface area contributed by atoms with E-state index in [-0.39, 0.29) is 17.6 Å². The van der Waals surface area contributed by atoms with E-state index in [0.29, 0.717) is 11.3 Å². The van der Waals surface area contributed by atoms with Crippen LogP contribution in [-0.4, -0.2) is 21.7 Å². The number of H-pyrrole nitrogens is 1. The van der Waals surface area contributed by atoms with Crippen LogP contribution in [0.2, 0.25) is 0 Å². The quantitative estimate of drug-likeness (QED) is 0.746. The van der Waals surface area contributed by atoms with Crippen LogP contribution in [0.5, 0.6) is 5.75 Å². The van der Waals surface area contributed by atoms with Crippen molar-refractivity contribution in [3.8, 4) is 5.75 Å². The maximum atomic E-state index is 12.3. The zero-order chi connectivity index (χ0) is 18.1. The minimum Gasteiger partial charge on any atom is -0.508 e. The average molecular weight is 337 g/mol. The summed E-state index contributed by atoms with van der Waals surface area (Å²) in [5.41, 5.74) is 9.40. The summed E-state index contributed by atoms with van der Waals surface area (Å²) in [7, 11) is 0. The molecule has 0 bridgehead atoms. The topological polar surface area (TPSA) is 77.5 Å². The van der Waals surface area contributed by atoms with E-state index in [4.69, 9.17) is 0 Å². The molecule has 3 rings (SSSR count). The van der Waals surface area contributed by atoms with Gasteiger partial charge in [0.15, 0.2) is 0 Å². The van der Waals surface area contributed by atoms with Crippen LogP contribution >= 0.6 is 0 Å². The Labute approximate surface area is 147 Å². The number of amides is 1. The van der Waals surface area contributed by atoms with Crippen molar-refractivity contribution in [1.82, 2.24) is 10.4 Å². The Bertz CT molecular complexity index is 873. The molecule has 1 aliphatic heterocycles. The van der Waals surface area contributed by atoms with E-state index in [0.717, 1.165) is 23.4 Å². The Morgan fingerprint density at radius 1 is 1.24 bits per heavy atom. The highest BCUT2D eigenvalue weighted by atomic mass is 16.3. The monoisotopic (exact) mass is 337 g/mol. The van der Waals surface area contributed by atoms with Crippen LogP contribution in [0.3, 0.4) is 0 Å². The Morgan fingerprint density at radius 2 is 1.92 bits per heavy atom. The molecule has 1 unspecified atom stereocenters. The fraction of sp³-hybridized carbons (Fsp3) is 0.300. The Hall–Kier alpha value is -2.82. The normalized spacial score (nSPS) is 16.9. The second kappa shape index (κ2) is 6.59. The van der Waals surface area contributed by atoms with Crippen LogP contribution < -0.4 is 5.43 Å². The summed E-state index contributed by atoms with van der Waals surface area (Å²) in [6.45, 7) is 8.25. The number of nitrogens with zero attached hydrogens (tertiary/aromatic N) is 1. The van der Waals surface area contributed by atoms with E-state index in [1.165, 1.54) is 11.1 Å². The van der Waals surface area contributed by atoms with Gasteiger partial charge in [-0.15, -0.1) is 0 Å². The number of carbonyl (C=O) groups is 1. The molecule has 0 saturated carbocycles. The van der Waals surface area contributed by atoms with Crippen LogP contribution in [0.15, 0.2) is 34.9 Å². The van der Waals surface area contributed by atoms with Crippen molar-refractivity contribution in [2.24, 2.45) is 5.10 Å². The van der Waals surface area contributed by atoms with Gasteiger partial charge in [0.2, 0.25) is 0 Å². The maximum Gasteiger partial charge on any atom is 0.273 e. The standard InChI is InChI=1S/C20H23N3O2/c1-5-16-12(3)18(21-13(16)4)10-17-19(22-23-20(17)25)11(2)14-6-8-15(24)9-7-14/h6-11,21,24H,5H2,1-4H3,(H,23,25)/b17-10+. The van der Waals surface area contributed by atoms with Gasteiger partial charge in [-0.25, -0.2) is 5.43 Å². The van der Waals surface area contributed by atoms with E-state index < -0.39 is 0 Å². The van der Waals surface area contributed by atoms with Crippen LogP contribution in [0.1, 0.15) is 47.8 Å². The molecule has 1 amide bonds. The number of nitrogens with one attached hydrogen (secondary N) is 2. The Kier molecular flexibility index (Phi) is 4.49. The fourth-order valence-corrected chi connectivity index (χ4v) is 3.37. The number of hydrogen-bond donors (Lipinski definition) is 3. The molecular formula is C20H23N3O2. The number of phenolic OH excluding ortho intramolecular Hbond substituents is 1. The number of carbonyl (C=O) groups excluding carboxylic acids is 1. The maximum absolute atomic E-state index is 12.3. The lowest BCUT2D eigenvalue weighted by Gasteiger charge is -2.12. The van der Waals surface area contributed by atoms with Gasteiger partial charge in [-0.2, -0.15) is 5.10 Å². The highest BCUT2D eigenvalue weighted by Crippen LogP contribution is 2.28. The highest BCUT2D eigenvalue weighted by molar-refractivity contribution is 6.29. The smallest absolute Gasteiger partial charge is 0.273 e. The molecule has 0 aliphatic carbocycles. The first-order valence-electron chi connectivity index (χ1n) is 8.49. The van der Waals surface area contributed by atoms with Crippen molar-refractivity contribution in [2.45, 2.75) is 40.0 Å². The minimum absolute atomic E-state index is 0.0622. The number of aromatic hydroxyl groups is 1. The summed E-state index contributed by atoms with van der Waals surface area (Å²) in [5, 5.41) is 13.7. The van der Waals surface area contributed by atoms with E-state index in [1.807, 2.05) is 25.1 Å². The molecule has 3 N–H and O–H groups in total. The summed E-state index contributed by atoms with van der Waals surface area (Å²) in [6, 6.07) is 6.99. The molecule has 0 fully saturated rings. The van der Waals surface area contributed by atoms with E-state index in [9.17, 15) is 9.90 Å². The first kappa shape index (κ1) is 17.0. The van der Waals surface area contributed by atoms with Crippen LogP contribution in [-0.2, 0) is 11.2 Å². The van der Waals surface area contributed by atoms with Gasteiger partial charge in [0.1, 0.15) is 5.75 Å². The largest absolute Gasteiger partial charge is 0.508 e. The number of aryl methyl sites for hydroxylation is 1. The first-order valence-corrected chi connectivity index (χ1v) is 8.49. The van der Waals surface area contributed by atoms with E-state index >= 15 is 0 Å². The molecule has 1 aliphatic rings. The number of benzene rings is 1. The number of hydrogen-bond acceptors (Lipinski definition) is 3. The number of phenols is 1. The van der Waals surface area contributed by atoms with Crippen molar-refractivity contribution in [2.75, 3.05) is 0 Å². The van der Waals surface area contributed by atoms with Crippen molar-refractivity contribution in [1.29, 1.82) is 0 Å². The van der Waals surface area contributed by atoms with Crippen LogP contribution in [0.25, 0.3) is 6.08 Å². The third-order valence-corrected chi connectivity index (χ3v) is 4.88. The molecule has 5 nitrogen and oxygen atoms in total. The van der Waals surface area contributed by atoms with Gasteiger partial charge in [0.25, 0.3) is 5.91 Å². The number of aromatic nitrogens is 1. The molecule has 25 heavy (non-hydrogen) atoms. The summed E-state index contributed by atoms with van der Waals surface area (Å²) >= 11 is 0. The zero-order valence-electron chi connectivity index (χ0n) is 15.0. The minimum atomic E-state index is -0.190. The van der Waals surface area contributed by atoms with Crippen molar-refractivity contribution in [3.63, 3.8) is 0 Å². The van der Waals surface area contributed by atoms with Gasteiger partial charge >= 0.3 is 0 Å². The Morgan fingerprint density at radius 3 is 2.52 bits per heavy atom. The summed E-state index contributed by atoms with van der Waals surface area (Å²) in [5.74, 6) is -0.0306. The number of rotatable bonds is 4. The fourth-order valence-electron chi connectivity index (χ4n) is 3.37. The molecule has 5 heteroatoms. The SMILES string of the molecule is CCc1c(C)[nH]c(/C=C2/C(=O)NN=C2C(C)c2ccc(O)cc2)c1C. The molecule has 1 aromatic carbocycles. The third-order valence-electron chi connectivity index (χ3n) is 4.88. The number of hydrazone groups is 1. The molecule has 0 saturated heterocycles. The molecule has 1 aromatic heterocycles. The second-order valence-corrected chi connectivity index (χ2v) is 6.43. The van der Waals surface area contributed by atoms with Crippen LogP contribution in [0, 0.1) is 13.8 Å². The lowest BCUT2D eigenvalue weighted by atomic mass is 9.91. The number of aromatic amines is 1. The summed E-state index contributed by atoms with van der Waals surface area (Å²) in [6.07, 6.45) is 2.84. The molecule has 0 radical (unpaired) electrons. The first-order chi connectivity index (χ1) is 11.9. The van der Waals surface area contributed by atoms with Crippen molar-refractivity contribution in [3.05, 3.63) is 57.9 Å². The molecule has 0 spiro atoms. The van der Waals surface area contributed by atoms with Gasteiger partial charge in [-0.3, -0.25) is 4.79 Å². The predicted octanol–water partition coefficient (Wildman–Crippen LogP) is 3.57. The van der Waals surface area contributed by atoms with Crippen LogP contribution in [0.4, 0.5) is 0 Å². The zero-order valence-corrected chi connectivity index (χ0v) is 15.0. The molecular weight excluding hydrogens is 314 g/mol. The lowest BCUT2D eigenvalue weighted by molar-refractivity contribution is -0.116. The molecule has 2 aromatic rings. The summed E-state index contributed by atoms with van der Waals surface area (Å²) < 4.78 is 0. The lowest BCUT2D eigenvalue weighted by Crippen LogP contribution is -2.16. The van der Waals surface area contributed by atoms with Gasteiger partial charge in [0.05, 0.1) is 11.3 Å². The van der Waals surface area contributed by atoms with E-state index in [2.05, 4.69) is 36.3 Å². The molecule has 2 heterocycles. The van der Waals surface area contributed by atoms with Gasteiger partial charge in [-0.1, -0.05) is 26.0 Å². The third kappa shape index (κ3) is 3.09. The van der Waals surface area contributed by atoms with Gasteiger partial charge in [-0.05, 0) is 55.2 Å². The second-order valence-electron chi connectivity index (χ2n) is 6.43. The van der Waals surface area contributed by atoms with Gasteiger partial charge in [0, 0.05) is 17.3 Å². The van der Waals surface area contributed by atoms with Crippen molar-refractivity contribution >= 4 is 17.7 Å². The molecule has 1 atom stereocenters. The highest BCUT2D eigenvalue weighted by Gasteiger charge is 2.28. The predicted molar refractivity (Wildman–Crippen MR) is 99.7 cm³/mol. The van der Waals surface area contributed by atoms with Crippen molar-refractivity contribution < 1.29 is 9.90 Å². The molecule has 130 valence electrons. The average Bonchev–Trinajstić information content (AvgIpc) is 3.08.